The van der Waals surface area contributed by atoms with E-state index in [0.29, 0.717) is 25.2 Å². The molecule has 0 bridgehead atoms. The molecule has 1 atom stereocenters. The first-order valence-corrected chi connectivity index (χ1v) is 7.69. The van der Waals surface area contributed by atoms with Gasteiger partial charge in [-0.1, -0.05) is 19.3 Å². The van der Waals surface area contributed by atoms with Crippen LogP contribution < -0.4 is 10.6 Å². The van der Waals surface area contributed by atoms with E-state index in [4.69, 9.17) is 5.11 Å². The summed E-state index contributed by atoms with van der Waals surface area (Å²) in [5, 5.41) is 15.6. The number of carbonyl (C=O) groups is 1. The minimum absolute atomic E-state index is 0.00495. The highest BCUT2D eigenvalue weighted by Gasteiger charge is 2.23. The Labute approximate surface area is 115 Å². The summed E-state index contributed by atoms with van der Waals surface area (Å²) in [5.41, 5.74) is 0. The maximum Gasteiger partial charge on any atom is 0.317 e. The molecule has 1 aliphatic carbocycles. The van der Waals surface area contributed by atoms with Gasteiger partial charge in [-0.15, -0.1) is 0 Å². The largest absolute Gasteiger partial charge is 0.395 e. The highest BCUT2D eigenvalue weighted by molar-refractivity contribution is 5.74. The molecular weight excluding hydrogens is 242 g/mol. The van der Waals surface area contributed by atoms with Crippen molar-refractivity contribution in [3.63, 3.8) is 0 Å². The highest BCUT2D eigenvalue weighted by atomic mass is 16.3. The van der Waals surface area contributed by atoms with Crippen LogP contribution in [0.4, 0.5) is 4.79 Å². The van der Waals surface area contributed by atoms with Crippen molar-refractivity contribution in [2.45, 2.75) is 57.0 Å². The summed E-state index contributed by atoms with van der Waals surface area (Å²) in [5.74, 6) is 0. The minimum Gasteiger partial charge on any atom is -0.395 e. The van der Waals surface area contributed by atoms with Gasteiger partial charge in [-0.2, -0.15) is 0 Å². The van der Waals surface area contributed by atoms with Gasteiger partial charge in [0.05, 0.1) is 6.61 Å². The molecule has 5 nitrogen and oxygen atoms in total. The zero-order chi connectivity index (χ0) is 13.5. The van der Waals surface area contributed by atoms with Crippen molar-refractivity contribution < 1.29 is 9.90 Å². The van der Waals surface area contributed by atoms with Gasteiger partial charge in [0.1, 0.15) is 0 Å². The molecule has 2 fully saturated rings. The number of aliphatic hydroxyl groups excluding tert-OH is 1. The fraction of sp³-hybridized carbons (Fsp3) is 0.929. The molecule has 1 saturated heterocycles. The molecule has 0 aromatic carbocycles. The molecule has 1 unspecified atom stereocenters. The van der Waals surface area contributed by atoms with Crippen molar-refractivity contribution in [3.8, 4) is 0 Å². The standard InChI is InChI=1S/C14H27N3O2/c18-10-9-17(11-13-7-4-8-15-13)14(19)16-12-5-2-1-3-6-12/h12-13,15,18H,1-11H2,(H,16,19). The number of nitrogens with zero attached hydrogens (tertiary/aromatic N) is 1. The van der Waals surface area contributed by atoms with Gasteiger partial charge in [-0.25, -0.2) is 4.79 Å². The monoisotopic (exact) mass is 269 g/mol. The number of hydrogen-bond acceptors (Lipinski definition) is 3. The Morgan fingerprint density at radius 1 is 1.21 bits per heavy atom. The Morgan fingerprint density at radius 3 is 2.63 bits per heavy atom. The van der Waals surface area contributed by atoms with Crippen LogP contribution in [0.15, 0.2) is 0 Å². The van der Waals surface area contributed by atoms with Gasteiger partial charge >= 0.3 is 6.03 Å². The third-order valence-corrected chi connectivity index (χ3v) is 4.19. The van der Waals surface area contributed by atoms with Gasteiger partial charge in [-0.05, 0) is 32.2 Å². The van der Waals surface area contributed by atoms with Crippen LogP contribution in [-0.2, 0) is 0 Å². The summed E-state index contributed by atoms with van der Waals surface area (Å²) in [4.78, 5) is 14.0. The number of amides is 2. The summed E-state index contributed by atoms with van der Waals surface area (Å²) in [6, 6.07) is 0.720. The lowest BCUT2D eigenvalue weighted by atomic mass is 9.96. The molecule has 19 heavy (non-hydrogen) atoms. The van der Waals surface area contributed by atoms with Crippen LogP contribution in [0.3, 0.4) is 0 Å². The molecule has 2 amide bonds. The average Bonchev–Trinajstić information content (AvgIpc) is 2.92. The van der Waals surface area contributed by atoms with E-state index < -0.39 is 0 Å². The highest BCUT2D eigenvalue weighted by Crippen LogP contribution is 2.17. The van der Waals surface area contributed by atoms with E-state index in [1.807, 2.05) is 0 Å². The molecule has 0 radical (unpaired) electrons. The van der Waals surface area contributed by atoms with Gasteiger partial charge in [0.2, 0.25) is 0 Å². The van der Waals surface area contributed by atoms with Crippen molar-refractivity contribution in [3.05, 3.63) is 0 Å². The van der Waals surface area contributed by atoms with Crippen LogP contribution in [0.1, 0.15) is 44.9 Å². The van der Waals surface area contributed by atoms with E-state index in [1.54, 1.807) is 4.90 Å². The molecule has 2 rings (SSSR count). The quantitative estimate of drug-likeness (QED) is 0.699. The second-order valence-corrected chi connectivity index (χ2v) is 5.75. The topological polar surface area (TPSA) is 64.6 Å². The van der Waals surface area contributed by atoms with Crippen LogP contribution in [-0.4, -0.2) is 54.4 Å². The minimum atomic E-state index is -0.00495. The van der Waals surface area contributed by atoms with Crippen LogP contribution in [0.5, 0.6) is 0 Å². The van der Waals surface area contributed by atoms with Crippen molar-refractivity contribution in [1.82, 2.24) is 15.5 Å². The lowest BCUT2D eigenvalue weighted by Crippen LogP contribution is -2.50. The van der Waals surface area contributed by atoms with E-state index >= 15 is 0 Å². The second-order valence-electron chi connectivity index (χ2n) is 5.75. The van der Waals surface area contributed by atoms with E-state index in [2.05, 4.69) is 10.6 Å². The molecule has 5 heteroatoms. The Kier molecular flexibility index (Phi) is 5.92. The maximum atomic E-state index is 12.3. The zero-order valence-electron chi connectivity index (χ0n) is 11.7. The number of aliphatic hydroxyl groups is 1. The predicted molar refractivity (Wildman–Crippen MR) is 75.1 cm³/mol. The SMILES string of the molecule is O=C(NC1CCCCC1)N(CCO)CC1CCCN1. The van der Waals surface area contributed by atoms with Gasteiger partial charge in [-0.3, -0.25) is 0 Å². The number of hydrogen-bond donors (Lipinski definition) is 3. The third kappa shape index (κ3) is 4.66. The molecule has 0 aromatic rings. The van der Waals surface area contributed by atoms with Gasteiger partial charge in [0.15, 0.2) is 0 Å². The van der Waals surface area contributed by atoms with Crippen LogP contribution in [0, 0.1) is 0 Å². The normalized spacial score (nSPS) is 24.4. The van der Waals surface area contributed by atoms with Crippen LogP contribution in [0.25, 0.3) is 0 Å². The predicted octanol–water partition coefficient (Wildman–Crippen LogP) is 1.07. The maximum absolute atomic E-state index is 12.3. The number of urea groups is 1. The lowest BCUT2D eigenvalue weighted by Gasteiger charge is -2.29. The summed E-state index contributed by atoms with van der Waals surface area (Å²) in [6.07, 6.45) is 8.23. The zero-order valence-corrected chi connectivity index (χ0v) is 11.7. The summed E-state index contributed by atoms with van der Waals surface area (Å²) in [7, 11) is 0. The average molecular weight is 269 g/mol. The Hall–Kier alpha value is -0.810. The summed E-state index contributed by atoms with van der Waals surface area (Å²) < 4.78 is 0. The smallest absolute Gasteiger partial charge is 0.317 e. The number of rotatable bonds is 5. The molecular formula is C14H27N3O2. The van der Waals surface area contributed by atoms with Crippen LogP contribution in [0.2, 0.25) is 0 Å². The van der Waals surface area contributed by atoms with Gasteiger partial charge < -0.3 is 20.6 Å². The van der Waals surface area contributed by atoms with E-state index in [1.165, 1.54) is 25.7 Å². The number of nitrogens with one attached hydrogen (secondary N) is 2. The fourth-order valence-corrected chi connectivity index (χ4v) is 3.09. The molecule has 1 saturated carbocycles. The van der Waals surface area contributed by atoms with Crippen LogP contribution >= 0.6 is 0 Å². The molecule has 3 N–H and O–H groups in total. The van der Waals surface area contributed by atoms with Crippen molar-refractivity contribution in [2.24, 2.45) is 0 Å². The molecule has 0 spiro atoms. The summed E-state index contributed by atoms with van der Waals surface area (Å²) in [6.45, 7) is 2.21. The van der Waals surface area contributed by atoms with Gasteiger partial charge in [0.25, 0.3) is 0 Å². The van der Waals surface area contributed by atoms with Crippen molar-refractivity contribution in [1.29, 1.82) is 0 Å². The fourth-order valence-electron chi connectivity index (χ4n) is 3.09. The van der Waals surface area contributed by atoms with Gasteiger partial charge in [0, 0.05) is 25.2 Å². The van der Waals surface area contributed by atoms with E-state index in [-0.39, 0.29) is 12.6 Å². The first kappa shape index (κ1) is 14.6. The number of carbonyl (C=O) groups excluding carboxylic acids is 1. The molecule has 1 heterocycles. The Bertz CT molecular complexity index is 274. The Morgan fingerprint density at radius 2 is 2.00 bits per heavy atom. The summed E-state index contributed by atoms with van der Waals surface area (Å²) >= 11 is 0. The van der Waals surface area contributed by atoms with Crippen molar-refractivity contribution >= 4 is 6.03 Å². The second kappa shape index (κ2) is 7.70. The molecule has 1 aliphatic heterocycles. The molecule has 2 aliphatic rings. The lowest BCUT2D eigenvalue weighted by molar-refractivity contribution is 0.166. The van der Waals surface area contributed by atoms with E-state index in [0.717, 1.165) is 25.8 Å². The molecule has 0 aromatic heterocycles. The third-order valence-electron chi connectivity index (χ3n) is 4.19. The molecule has 110 valence electrons. The van der Waals surface area contributed by atoms with E-state index in [9.17, 15) is 4.79 Å². The first-order chi connectivity index (χ1) is 9.29. The Balaban J connectivity index is 1.80. The van der Waals surface area contributed by atoms with Crippen molar-refractivity contribution in [2.75, 3.05) is 26.2 Å². The first-order valence-electron chi connectivity index (χ1n) is 7.69.